The normalized spacial score (nSPS) is 10.2. The number of nitrogens with one attached hydrogen (secondary N) is 2. The second kappa shape index (κ2) is 14.8. The lowest BCUT2D eigenvalue weighted by molar-refractivity contribution is -0.167. The number of carbonyl (C=O) groups is 2. The highest BCUT2D eigenvalue weighted by Gasteiger charge is 2.16. The van der Waals surface area contributed by atoms with Gasteiger partial charge in [0.1, 0.15) is 0 Å². The summed E-state index contributed by atoms with van der Waals surface area (Å²) in [5.41, 5.74) is 11.8. The molecule has 24 heavy (non-hydrogen) atoms. The first-order chi connectivity index (χ1) is 11.5. The molecule has 0 spiro atoms. The third-order valence-electron chi connectivity index (χ3n) is 3.24. The van der Waals surface area contributed by atoms with E-state index in [1.807, 2.05) is 0 Å². The second-order valence-electron chi connectivity index (χ2n) is 5.47. The van der Waals surface area contributed by atoms with Gasteiger partial charge in [-0.05, 0) is 64.5 Å². The Morgan fingerprint density at radius 1 is 0.667 bits per heavy atom. The maximum Gasteiger partial charge on any atom is 0.417 e. The van der Waals surface area contributed by atoms with Crippen LogP contribution < -0.4 is 11.5 Å². The Morgan fingerprint density at radius 2 is 1.00 bits per heavy atom. The van der Waals surface area contributed by atoms with E-state index in [2.05, 4.69) is 0 Å². The molecule has 0 aliphatic rings. The van der Waals surface area contributed by atoms with E-state index in [4.69, 9.17) is 31.8 Å². The van der Waals surface area contributed by atoms with Crippen LogP contribution in [-0.4, -0.2) is 49.7 Å². The standard InChI is InChI=1S/C16H30N4O4/c17-9-1-5-13(19)7-3-11-23-15(21)16(22)24-12-4-8-14(20)6-2-10-18/h19-20H,1-12,17-18H2. The van der Waals surface area contributed by atoms with Gasteiger partial charge in [-0.2, -0.15) is 0 Å². The van der Waals surface area contributed by atoms with E-state index >= 15 is 0 Å². The molecule has 0 aromatic carbocycles. The lowest BCUT2D eigenvalue weighted by atomic mass is 10.1. The van der Waals surface area contributed by atoms with Crippen molar-refractivity contribution in [3.63, 3.8) is 0 Å². The number of nitrogens with two attached hydrogens (primary N) is 2. The molecule has 0 unspecified atom stereocenters. The zero-order valence-corrected chi connectivity index (χ0v) is 14.3. The van der Waals surface area contributed by atoms with E-state index < -0.39 is 11.9 Å². The molecule has 0 saturated carbocycles. The molecular formula is C16H30N4O4. The van der Waals surface area contributed by atoms with Gasteiger partial charge in [-0.25, -0.2) is 9.59 Å². The van der Waals surface area contributed by atoms with Gasteiger partial charge in [0.15, 0.2) is 0 Å². The van der Waals surface area contributed by atoms with Crippen LogP contribution in [0.2, 0.25) is 0 Å². The predicted octanol–water partition coefficient (Wildman–Crippen LogP) is 1.15. The first-order valence-electron chi connectivity index (χ1n) is 8.37. The van der Waals surface area contributed by atoms with Gasteiger partial charge in [-0.3, -0.25) is 0 Å². The Balaban J connectivity index is 3.64. The fourth-order valence-corrected chi connectivity index (χ4v) is 1.90. The van der Waals surface area contributed by atoms with Crippen molar-refractivity contribution in [1.29, 1.82) is 10.8 Å². The number of esters is 2. The van der Waals surface area contributed by atoms with Crippen molar-refractivity contribution in [2.75, 3.05) is 26.3 Å². The monoisotopic (exact) mass is 342 g/mol. The number of rotatable bonds is 14. The van der Waals surface area contributed by atoms with E-state index in [9.17, 15) is 9.59 Å². The molecule has 0 aromatic rings. The summed E-state index contributed by atoms with van der Waals surface area (Å²) in [6, 6.07) is 0. The SMILES string of the molecule is N=C(CCCN)CCCOC(=O)C(=O)OCCCC(=N)CCCN. The van der Waals surface area contributed by atoms with Crippen LogP contribution in [0, 0.1) is 10.8 Å². The summed E-state index contributed by atoms with van der Waals surface area (Å²) in [7, 11) is 0. The van der Waals surface area contributed by atoms with Crippen LogP contribution in [0.3, 0.4) is 0 Å². The minimum Gasteiger partial charge on any atom is -0.457 e. The smallest absolute Gasteiger partial charge is 0.417 e. The van der Waals surface area contributed by atoms with E-state index in [1.165, 1.54) is 0 Å². The Morgan fingerprint density at radius 3 is 1.33 bits per heavy atom. The summed E-state index contributed by atoms with van der Waals surface area (Å²) >= 11 is 0. The summed E-state index contributed by atoms with van der Waals surface area (Å²) in [4.78, 5) is 22.8. The second-order valence-corrected chi connectivity index (χ2v) is 5.47. The average Bonchev–Trinajstić information content (AvgIpc) is 2.58. The summed E-state index contributed by atoms with van der Waals surface area (Å²) in [5, 5.41) is 15.3. The zero-order valence-electron chi connectivity index (χ0n) is 14.3. The summed E-state index contributed by atoms with van der Waals surface area (Å²) < 4.78 is 9.60. The first-order valence-corrected chi connectivity index (χ1v) is 8.37. The minimum atomic E-state index is -1.01. The van der Waals surface area contributed by atoms with Gasteiger partial charge in [-0.1, -0.05) is 0 Å². The highest BCUT2D eigenvalue weighted by molar-refractivity contribution is 6.29. The van der Waals surface area contributed by atoms with Gasteiger partial charge in [0.2, 0.25) is 0 Å². The van der Waals surface area contributed by atoms with Crippen molar-refractivity contribution < 1.29 is 19.1 Å². The van der Waals surface area contributed by atoms with Crippen LogP contribution in [0.1, 0.15) is 51.4 Å². The molecule has 0 bridgehead atoms. The minimum absolute atomic E-state index is 0.0860. The Hall–Kier alpha value is -1.80. The molecule has 0 fully saturated rings. The lowest BCUT2D eigenvalue weighted by Crippen LogP contribution is -2.21. The molecule has 6 N–H and O–H groups in total. The third kappa shape index (κ3) is 12.7. The fourth-order valence-electron chi connectivity index (χ4n) is 1.90. The van der Waals surface area contributed by atoms with E-state index in [0.29, 0.717) is 63.0 Å². The summed E-state index contributed by atoms with van der Waals surface area (Å²) in [5.74, 6) is -2.02. The number of carbonyl (C=O) groups excluding carboxylic acids is 2. The maximum atomic E-state index is 11.4. The van der Waals surface area contributed by atoms with Gasteiger partial charge in [0.05, 0.1) is 13.2 Å². The van der Waals surface area contributed by atoms with Gasteiger partial charge in [-0.15, -0.1) is 0 Å². The van der Waals surface area contributed by atoms with Crippen molar-refractivity contribution in [1.82, 2.24) is 0 Å². The third-order valence-corrected chi connectivity index (χ3v) is 3.24. The molecule has 0 radical (unpaired) electrons. The molecule has 0 aromatic heterocycles. The van der Waals surface area contributed by atoms with Gasteiger partial charge in [0.25, 0.3) is 0 Å². The number of hydrogen-bond donors (Lipinski definition) is 4. The Bertz CT molecular complexity index is 375. The van der Waals surface area contributed by atoms with Crippen molar-refractivity contribution in [3.05, 3.63) is 0 Å². The van der Waals surface area contributed by atoms with Crippen molar-refractivity contribution in [3.8, 4) is 0 Å². The van der Waals surface area contributed by atoms with Crippen LogP contribution >= 0.6 is 0 Å². The Labute approximate surface area is 143 Å². The summed E-state index contributed by atoms with van der Waals surface area (Å²) in [6.45, 7) is 1.27. The van der Waals surface area contributed by atoms with Gasteiger partial charge < -0.3 is 31.8 Å². The van der Waals surface area contributed by atoms with Crippen LogP contribution in [-0.2, 0) is 19.1 Å². The molecule has 0 aliphatic heterocycles. The first kappa shape index (κ1) is 22.2. The molecule has 8 nitrogen and oxygen atoms in total. The highest BCUT2D eigenvalue weighted by atomic mass is 16.6. The van der Waals surface area contributed by atoms with Gasteiger partial charge in [0, 0.05) is 11.4 Å². The number of ether oxygens (including phenoxy) is 2. The average molecular weight is 342 g/mol. The molecule has 0 heterocycles. The highest BCUT2D eigenvalue weighted by Crippen LogP contribution is 2.01. The van der Waals surface area contributed by atoms with Gasteiger partial charge >= 0.3 is 11.9 Å². The van der Waals surface area contributed by atoms with Crippen molar-refractivity contribution in [2.24, 2.45) is 11.5 Å². The predicted molar refractivity (Wildman–Crippen MR) is 92.4 cm³/mol. The van der Waals surface area contributed by atoms with E-state index in [1.54, 1.807) is 0 Å². The Kier molecular flexibility index (Phi) is 13.7. The molecule has 0 rings (SSSR count). The van der Waals surface area contributed by atoms with Crippen molar-refractivity contribution >= 4 is 23.4 Å². The topological polar surface area (TPSA) is 152 Å². The van der Waals surface area contributed by atoms with Crippen molar-refractivity contribution in [2.45, 2.75) is 51.4 Å². The molecule has 0 saturated heterocycles. The molecule has 0 amide bonds. The van der Waals surface area contributed by atoms with Crippen LogP contribution in [0.5, 0.6) is 0 Å². The largest absolute Gasteiger partial charge is 0.457 e. The van der Waals surface area contributed by atoms with Crippen LogP contribution in [0.4, 0.5) is 0 Å². The maximum absolute atomic E-state index is 11.4. The van der Waals surface area contributed by atoms with Crippen LogP contribution in [0.15, 0.2) is 0 Å². The van der Waals surface area contributed by atoms with Crippen LogP contribution in [0.25, 0.3) is 0 Å². The molecule has 138 valence electrons. The molecule has 8 heteroatoms. The van der Waals surface area contributed by atoms with E-state index in [0.717, 1.165) is 12.8 Å². The summed E-state index contributed by atoms with van der Waals surface area (Å²) in [6.07, 6.45) is 4.88. The lowest BCUT2D eigenvalue weighted by Gasteiger charge is -2.07. The fraction of sp³-hybridized carbons (Fsp3) is 0.750. The quantitative estimate of drug-likeness (QED) is 0.161. The van der Waals surface area contributed by atoms with E-state index in [-0.39, 0.29) is 13.2 Å². The molecule has 0 aliphatic carbocycles. The molecular weight excluding hydrogens is 312 g/mol. The zero-order chi connectivity index (χ0) is 18.2. The number of hydrogen-bond acceptors (Lipinski definition) is 8. The molecule has 0 atom stereocenters.